The standard InChI is InChI=1S/C21H23N3O4S/c1-4-18(25)17-8-7-16-20(29(27,28)23-17)12-24(3)21(16)19(26)10-14-6-5-13(2)15(9-14)11-22/h4-6,9,12,17-18,23,25H,1,7-8,10H2,2-3H3/t17-,18+/m1/s1. The Morgan fingerprint density at radius 3 is 2.90 bits per heavy atom. The zero-order chi connectivity index (χ0) is 21.3. The Hall–Kier alpha value is -2.73. The Balaban J connectivity index is 1.97. The molecule has 7 nitrogen and oxygen atoms in total. The number of Topliss-reactive ketones (excluding diaryl/α,β-unsaturated/α-hetero) is 1. The number of ketones is 1. The molecule has 152 valence electrons. The molecular weight excluding hydrogens is 390 g/mol. The van der Waals surface area contributed by atoms with E-state index in [9.17, 15) is 23.6 Å². The minimum absolute atomic E-state index is 0.0590. The molecule has 0 unspecified atom stereocenters. The molecule has 1 aliphatic heterocycles. The first kappa shape index (κ1) is 21.0. The van der Waals surface area contributed by atoms with Crippen molar-refractivity contribution in [2.24, 2.45) is 7.05 Å². The van der Waals surface area contributed by atoms with Gasteiger partial charge in [-0.15, -0.1) is 6.58 Å². The van der Waals surface area contributed by atoms with Gasteiger partial charge in [-0.3, -0.25) is 4.79 Å². The lowest BCUT2D eigenvalue weighted by Crippen LogP contribution is -2.41. The molecule has 1 aliphatic rings. The number of rotatable bonds is 5. The molecule has 0 bridgehead atoms. The van der Waals surface area contributed by atoms with Crippen molar-refractivity contribution < 1.29 is 18.3 Å². The summed E-state index contributed by atoms with van der Waals surface area (Å²) in [4.78, 5) is 13.1. The van der Waals surface area contributed by atoms with Gasteiger partial charge in [-0.05, 0) is 37.0 Å². The topological polar surface area (TPSA) is 112 Å². The summed E-state index contributed by atoms with van der Waals surface area (Å²) in [5, 5.41) is 19.2. The van der Waals surface area contributed by atoms with Crippen molar-refractivity contribution in [1.82, 2.24) is 9.29 Å². The minimum atomic E-state index is -3.88. The molecule has 3 rings (SSSR count). The lowest BCUT2D eigenvalue weighted by atomic mass is 9.97. The average Bonchev–Trinajstić information content (AvgIpc) is 2.96. The number of nitriles is 1. The molecular formula is C21H23N3O4S. The number of aliphatic hydroxyl groups excluding tert-OH is 1. The van der Waals surface area contributed by atoms with Crippen molar-refractivity contribution >= 4 is 15.8 Å². The summed E-state index contributed by atoms with van der Waals surface area (Å²) in [6, 6.07) is 6.68. The van der Waals surface area contributed by atoms with E-state index in [4.69, 9.17) is 0 Å². The van der Waals surface area contributed by atoms with E-state index in [1.165, 1.54) is 16.8 Å². The van der Waals surface area contributed by atoms with Crippen molar-refractivity contribution in [3.05, 3.63) is 65.0 Å². The normalized spacial score (nSPS) is 18.9. The highest BCUT2D eigenvalue weighted by Crippen LogP contribution is 2.29. The second-order valence-electron chi connectivity index (χ2n) is 7.29. The van der Waals surface area contributed by atoms with Crippen LogP contribution in [0, 0.1) is 18.3 Å². The van der Waals surface area contributed by atoms with E-state index >= 15 is 0 Å². The minimum Gasteiger partial charge on any atom is -0.387 e. The fourth-order valence-corrected chi connectivity index (χ4v) is 5.28. The average molecular weight is 413 g/mol. The molecule has 0 fully saturated rings. The number of nitrogens with zero attached hydrogens (tertiary/aromatic N) is 2. The predicted octanol–water partition coefficient (Wildman–Crippen LogP) is 1.77. The van der Waals surface area contributed by atoms with Gasteiger partial charge in [-0.1, -0.05) is 18.2 Å². The van der Waals surface area contributed by atoms with Crippen LogP contribution in [-0.4, -0.2) is 36.0 Å². The highest BCUT2D eigenvalue weighted by Gasteiger charge is 2.34. The van der Waals surface area contributed by atoms with E-state index in [2.05, 4.69) is 17.4 Å². The molecule has 8 heteroatoms. The van der Waals surface area contributed by atoms with Gasteiger partial charge in [0.2, 0.25) is 10.0 Å². The molecule has 0 saturated carbocycles. The van der Waals surface area contributed by atoms with Gasteiger partial charge in [0.1, 0.15) is 4.90 Å². The third-order valence-electron chi connectivity index (χ3n) is 5.25. The third kappa shape index (κ3) is 4.03. The van der Waals surface area contributed by atoms with Crippen molar-refractivity contribution in [2.45, 2.75) is 43.2 Å². The SMILES string of the molecule is C=C[C@H](O)[C@H]1CCc2c(cn(C)c2C(=O)Cc2ccc(C)c(C#N)c2)S(=O)(=O)N1. The summed E-state index contributed by atoms with van der Waals surface area (Å²) in [6.45, 7) is 5.34. The van der Waals surface area contributed by atoms with Crippen LogP contribution in [0.25, 0.3) is 0 Å². The monoisotopic (exact) mass is 413 g/mol. The number of aliphatic hydroxyl groups is 1. The van der Waals surface area contributed by atoms with Crippen molar-refractivity contribution in [3.63, 3.8) is 0 Å². The first-order chi connectivity index (χ1) is 13.7. The fraction of sp³-hybridized carbons (Fsp3) is 0.333. The molecule has 1 aromatic heterocycles. The van der Waals surface area contributed by atoms with Crippen molar-refractivity contribution in [3.8, 4) is 6.07 Å². The van der Waals surface area contributed by atoms with Crippen LogP contribution in [0.4, 0.5) is 0 Å². The number of carbonyl (C=O) groups excluding carboxylic acids is 1. The van der Waals surface area contributed by atoms with Crippen LogP contribution in [-0.2, 0) is 29.9 Å². The van der Waals surface area contributed by atoms with Gasteiger partial charge in [-0.25, -0.2) is 13.1 Å². The number of fused-ring (bicyclic) bond motifs is 1. The number of aryl methyl sites for hydroxylation is 2. The summed E-state index contributed by atoms with van der Waals surface area (Å²) < 4.78 is 29.6. The van der Waals surface area contributed by atoms with Crippen molar-refractivity contribution in [2.75, 3.05) is 0 Å². The van der Waals surface area contributed by atoms with Gasteiger partial charge >= 0.3 is 0 Å². The number of aromatic nitrogens is 1. The molecule has 2 atom stereocenters. The number of benzene rings is 1. The first-order valence-corrected chi connectivity index (χ1v) is 10.7. The Morgan fingerprint density at radius 1 is 1.52 bits per heavy atom. The Kier molecular flexibility index (Phi) is 5.75. The Morgan fingerprint density at radius 2 is 2.24 bits per heavy atom. The summed E-state index contributed by atoms with van der Waals surface area (Å²) in [7, 11) is -2.24. The number of carbonyl (C=O) groups is 1. The van der Waals surface area contributed by atoms with Crippen LogP contribution in [0.2, 0.25) is 0 Å². The Labute approximate surface area is 170 Å². The molecule has 0 spiro atoms. The second kappa shape index (κ2) is 7.95. The number of hydrogen-bond acceptors (Lipinski definition) is 5. The fourth-order valence-electron chi connectivity index (χ4n) is 3.68. The van der Waals surface area contributed by atoms with Gasteiger partial charge < -0.3 is 9.67 Å². The Bertz CT molecular complexity index is 1130. The lowest BCUT2D eigenvalue weighted by Gasteiger charge is -2.19. The van der Waals surface area contributed by atoms with Gasteiger partial charge in [-0.2, -0.15) is 5.26 Å². The first-order valence-electron chi connectivity index (χ1n) is 9.22. The van der Waals surface area contributed by atoms with E-state index in [1.807, 2.05) is 6.92 Å². The highest BCUT2D eigenvalue weighted by molar-refractivity contribution is 7.89. The van der Waals surface area contributed by atoms with Gasteiger partial charge in [0.05, 0.1) is 29.5 Å². The molecule has 1 aromatic carbocycles. The maximum Gasteiger partial charge on any atom is 0.242 e. The summed E-state index contributed by atoms with van der Waals surface area (Å²) in [5.74, 6) is -0.223. The highest BCUT2D eigenvalue weighted by atomic mass is 32.2. The number of nitrogens with one attached hydrogen (secondary N) is 1. The third-order valence-corrected chi connectivity index (χ3v) is 6.80. The summed E-state index contributed by atoms with van der Waals surface area (Å²) >= 11 is 0. The van der Waals surface area contributed by atoms with Gasteiger partial charge in [0.25, 0.3) is 0 Å². The smallest absolute Gasteiger partial charge is 0.242 e. The van der Waals surface area contributed by atoms with Crippen LogP contribution in [0.15, 0.2) is 41.9 Å². The molecule has 2 heterocycles. The zero-order valence-corrected chi connectivity index (χ0v) is 17.2. The molecule has 2 N–H and O–H groups in total. The largest absolute Gasteiger partial charge is 0.387 e. The van der Waals surface area contributed by atoms with Crippen LogP contribution in [0.3, 0.4) is 0 Å². The predicted molar refractivity (Wildman–Crippen MR) is 108 cm³/mol. The maximum atomic E-state index is 13.1. The number of sulfonamides is 1. The molecule has 0 radical (unpaired) electrons. The number of hydrogen-bond donors (Lipinski definition) is 2. The van der Waals surface area contributed by atoms with Crippen molar-refractivity contribution in [1.29, 1.82) is 5.26 Å². The lowest BCUT2D eigenvalue weighted by molar-refractivity contribution is 0.0984. The van der Waals surface area contributed by atoms with Crippen LogP contribution in [0.1, 0.15) is 39.2 Å². The van der Waals surface area contributed by atoms with Gasteiger partial charge in [0.15, 0.2) is 5.78 Å². The molecule has 0 aliphatic carbocycles. The summed E-state index contributed by atoms with van der Waals surface area (Å²) in [6.07, 6.45) is 2.44. The zero-order valence-electron chi connectivity index (χ0n) is 16.3. The van der Waals surface area contributed by atoms with Gasteiger partial charge in [0, 0.05) is 25.2 Å². The van der Waals surface area contributed by atoms with E-state index in [1.54, 1.807) is 25.2 Å². The molecule has 2 aromatic rings. The maximum absolute atomic E-state index is 13.1. The van der Waals surface area contributed by atoms with E-state index in [0.29, 0.717) is 35.2 Å². The van der Waals surface area contributed by atoms with Crippen LogP contribution < -0.4 is 4.72 Å². The van der Waals surface area contributed by atoms with Crippen LogP contribution >= 0.6 is 0 Å². The van der Waals surface area contributed by atoms with E-state index in [0.717, 1.165) is 5.56 Å². The quantitative estimate of drug-likeness (QED) is 0.573. The summed E-state index contributed by atoms with van der Waals surface area (Å²) in [5.41, 5.74) is 2.82. The van der Waals surface area contributed by atoms with E-state index < -0.39 is 22.2 Å². The molecule has 29 heavy (non-hydrogen) atoms. The van der Waals surface area contributed by atoms with E-state index in [-0.39, 0.29) is 17.1 Å². The second-order valence-corrected chi connectivity index (χ2v) is 8.97. The van der Waals surface area contributed by atoms with Crippen LogP contribution in [0.5, 0.6) is 0 Å². The molecule has 0 amide bonds. The molecule has 0 saturated heterocycles.